The zero-order valence-electron chi connectivity index (χ0n) is 11.5. The first-order valence-electron chi connectivity index (χ1n) is 6.55. The molecule has 0 fully saturated rings. The molecule has 0 unspecified atom stereocenters. The van der Waals surface area contributed by atoms with Crippen LogP contribution < -0.4 is 10.1 Å². The zero-order chi connectivity index (χ0) is 15.2. The van der Waals surface area contributed by atoms with E-state index >= 15 is 0 Å². The molecule has 0 aliphatic rings. The van der Waals surface area contributed by atoms with E-state index in [1.54, 1.807) is 6.07 Å². The summed E-state index contributed by atoms with van der Waals surface area (Å²) < 4.78 is 19.5. The van der Waals surface area contributed by atoms with E-state index in [0.717, 1.165) is 16.5 Å². The minimum atomic E-state index is -0.394. The molecule has 1 N–H and O–H groups in total. The second-order valence-corrected chi connectivity index (χ2v) is 5.37. The van der Waals surface area contributed by atoms with Gasteiger partial charge >= 0.3 is 0 Å². The molecule has 0 saturated heterocycles. The second kappa shape index (κ2) is 7.22. The number of rotatable bonds is 5. The highest BCUT2D eigenvalue weighted by atomic mass is 79.9. The van der Waals surface area contributed by atoms with Gasteiger partial charge in [0.15, 0.2) is 6.61 Å². The summed E-state index contributed by atoms with van der Waals surface area (Å²) in [7, 11) is 0. The van der Waals surface area contributed by atoms with Crippen LogP contribution in [0.3, 0.4) is 0 Å². The summed E-state index contributed by atoms with van der Waals surface area (Å²) in [5, 5.41) is 2.59. The molecule has 0 aromatic heterocycles. The fourth-order valence-electron chi connectivity index (χ4n) is 1.87. The molecule has 0 radical (unpaired) electrons. The van der Waals surface area contributed by atoms with Gasteiger partial charge in [0, 0.05) is 10.2 Å². The van der Waals surface area contributed by atoms with Crippen LogP contribution in [0, 0.1) is 5.82 Å². The molecule has 1 amide bonds. The topological polar surface area (TPSA) is 38.3 Å². The van der Waals surface area contributed by atoms with Gasteiger partial charge in [-0.1, -0.05) is 28.9 Å². The van der Waals surface area contributed by atoms with Crippen LogP contribution in [0.15, 0.2) is 46.9 Å². The lowest BCUT2D eigenvalue weighted by Gasteiger charge is -2.11. The summed E-state index contributed by atoms with van der Waals surface area (Å²) in [6.07, 6.45) is 0.806. The van der Waals surface area contributed by atoms with Crippen molar-refractivity contribution in [2.24, 2.45) is 0 Å². The van der Waals surface area contributed by atoms with E-state index in [9.17, 15) is 9.18 Å². The summed E-state index contributed by atoms with van der Waals surface area (Å²) >= 11 is 3.40. The van der Waals surface area contributed by atoms with E-state index in [4.69, 9.17) is 4.74 Å². The third kappa shape index (κ3) is 4.56. The fourth-order valence-corrected chi connectivity index (χ4v) is 2.28. The summed E-state index contributed by atoms with van der Waals surface area (Å²) in [6.45, 7) is 1.90. The van der Waals surface area contributed by atoms with Crippen molar-refractivity contribution in [1.29, 1.82) is 0 Å². The molecule has 0 aliphatic heterocycles. The number of aryl methyl sites for hydroxylation is 1. The second-order valence-electron chi connectivity index (χ2n) is 4.45. The van der Waals surface area contributed by atoms with E-state index in [2.05, 4.69) is 21.2 Å². The van der Waals surface area contributed by atoms with Crippen molar-refractivity contribution in [2.45, 2.75) is 13.3 Å². The Morgan fingerprint density at radius 2 is 2.10 bits per heavy atom. The number of amides is 1. The number of nitrogens with one attached hydrogen (secondary N) is 1. The number of halogens is 2. The highest BCUT2D eigenvalue weighted by molar-refractivity contribution is 9.10. The molecule has 2 aromatic rings. The Hall–Kier alpha value is -1.88. The molecule has 5 heteroatoms. The smallest absolute Gasteiger partial charge is 0.262 e. The monoisotopic (exact) mass is 351 g/mol. The largest absolute Gasteiger partial charge is 0.483 e. The van der Waals surface area contributed by atoms with Crippen LogP contribution in [-0.2, 0) is 11.2 Å². The maximum Gasteiger partial charge on any atom is 0.262 e. The molecule has 2 rings (SSSR count). The molecule has 0 atom stereocenters. The highest BCUT2D eigenvalue weighted by Crippen LogP contribution is 2.23. The van der Waals surface area contributed by atoms with Gasteiger partial charge in [0.1, 0.15) is 11.6 Å². The summed E-state index contributed by atoms with van der Waals surface area (Å²) in [5.41, 5.74) is 1.43. The normalized spacial score (nSPS) is 10.2. The van der Waals surface area contributed by atoms with Crippen LogP contribution in [0.1, 0.15) is 12.5 Å². The van der Waals surface area contributed by atoms with Crippen LogP contribution in [-0.4, -0.2) is 12.5 Å². The van der Waals surface area contributed by atoms with Crippen LogP contribution in [0.5, 0.6) is 5.75 Å². The van der Waals surface area contributed by atoms with Gasteiger partial charge in [-0.05, 0) is 48.4 Å². The lowest BCUT2D eigenvalue weighted by molar-refractivity contribution is -0.118. The molecule has 0 aliphatic carbocycles. The molecule has 2 aromatic carbocycles. The average Bonchev–Trinajstić information content (AvgIpc) is 2.45. The maximum atomic E-state index is 13.0. The molecule has 21 heavy (non-hydrogen) atoms. The SMILES string of the molecule is CCc1cc(Br)ccc1OCC(=O)Nc1cccc(F)c1. The van der Waals surface area contributed by atoms with Crippen LogP contribution in [0.2, 0.25) is 0 Å². The number of anilines is 1. The third-order valence-corrected chi connectivity index (χ3v) is 3.36. The fraction of sp³-hybridized carbons (Fsp3) is 0.188. The molecule has 3 nitrogen and oxygen atoms in total. The first-order valence-corrected chi connectivity index (χ1v) is 7.34. The van der Waals surface area contributed by atoms with Gasteiger partial charge in [0.2, 0.25) is 0 Å². The lowest BCUT2D eigenvalue weighted by Crippen LogP contribution is -2.20. The van der Waals surface area contributed by atoms with Crippen molar-refractivity contribution in [3.63, 3.8) is 0 Å². The predicted octanol–water partition coefficient (Wildman–Crippen LogP) is 4.17. The standard InChI is InChI=1S/C16H15BrFNO2/c1-2-11-8-12(17)6-7-15(11)21-10-16(20)19-14-5-3-4-13(18)9-14/h3-9H,2,10H2,1H3,(H,19,20). The van der Waals surface area contributed by atoms with Crippen molar-refractivity contribution in [3.8, 4) is 5.75 Å². The van der Waals surface area contributed by atoms with Gasteiger partial charge in [-0.2, -0.15) is 0 Å². The molecule has 0 bridgehead atoms. The van der Waals surface area contributed by atoms with Crippen molar-refractivity contribution < 1.29 is 13.9 Å². The Bertz CT molecular complexity index is 646. The van der Waals surface area contributed by atoms with Gasteiger partial charge in [-0.15, -0.1) is 0 Å². The van der Waals surface area contributed by atoms with Gasteiger partial charge in [0.05, 0.1) is 0 Å². The molecular weight excluding hydrogens is 337 g/mol. The first kappa shape index (κ1) is 15.5. The number of ether oxygens (including phenoxy) is 1. The van der Waals surface area contributed by atoms with E-state index in [1.165, 1.54) is 18.2 Å². The lowest BCUT2D eigenvalue weighted by atomic mass is 10.1. The van der Waals surface area contributed by atoms with Crippen molar-refractivity contribution in [2.75, 3.05) is 11.9 Å². The molecule has 110 valence electrons. The minimum Gasteiger partial charge on any atom is -0.483 e. The number of carbonyl (C=O) groups is 1. The van der Waals surface area contributed by atoms with Gasteiger partial charge < -0.3 is 10.1 Å². The van der Waals surface area contributed by atoms with E-state index in [-0.39, 0.29) is 12.5 Å². The Labute approximate surface area is 131 Å². The quantitative estimate of drug-likeness (QED) is 0.877. The van der Waals surface area contributed by atoms with Crippen molar-refractivity contribution >= 4 is 27.5 Å². The Morgan fingerprint density at radius 3 is 2.81 bits per heavy atom. The van der Waals surface area contributed by atoms with Crippen LogP contribution in [0.25, 0.3) is 0 Å². The number of hydrogen-bond donors (Lipinski definition) is 1. The Balaban J connectivity index is 1.95. The highest BCUT2D eigenvalue weighted by Gasteiger charge is 2.07. The van der Waals surface area contributed by atoms with E-state index in [0.29, 0.717) is 11.4 Å². The molecule has 0 spiro atoms. The first-order chi connectivity index (χ1) is 10.1. The Kier molecular flexibility index (Phi) is 5.33. The minimum absolute atomic E-state index is 0.120. The maximum absolute atomic E-state index is 13.0. The summed E-state index contributed by atoms with van der Waals surface area (Å²) in [5.74, 6) is -0.0458. The molecular formula is C16H15BrFNO2. The van der Waals surface area contributed by atoms with Gasteiger partial charge in [-0.3, -0.25) is 4.79 Å². The Morgan fingerprint density at radius 1 is 1.29 bits per heavy atom. The number of hydrogen-bond acceptors (Lipinski definition) is 2. The van der Waals surface area contributed by atoms with E-state index in [1.807, 2.05) is 25.1 Å². The average molecular weight is 352 g/mol. The third-order valence-electron chi connectivity index (χ3n) is 2.87. The number of benzene rings is 2. The van der Waals surface area contributed by atoms with Crippen LogP contribution in [0.4, 0.5) is 10.1 Å². The van der Waals surface area contributed by atoms with Crippen molar-refractivity contribution in [3.05, 3.63) is 58.3 Å². The summed E-state index contributed by atoms with van der Waals surface area (Å²) in [6, 6.07) is 11.4. The molecule has 0 heterocycles. The van der Waals surface area contributed by atoms with Crippen molar-refractivity contribution in [1.82, 2.24) is 0 Å². The summed E-state index contributed by atoms with van der Waals surface area (Å²) in [4.78, 5) is 11.8. The van der Waals surface area contributed by atoms with E-state index < -0.39 is 5.82 Å². The zero-order valence-corrected chi connectivity index (χ0v) is 13.1. The van der Waals surface area contributed by atoms with Gasteiger partial charge in [-0.25, -0.2) is 4.39 Å². The van der Waals surface area contributed by atoms with Crippen LogP contribution >= 0.6 is 15.9 Å². The van der Waals surface area contributed by atoms with Gasteiger partial charge in [0.25, 0.3) is 5.91 Å². The predicted molar refractivity (Wildman–Crippen MR) is 84.0 cm³/mol. The molecule has 0 saturated carbocycles. The number of carbonyl (C=O) groups excluding carboxylic acids is 1.